The van der Waals surface area contributed by atoms with Gasteiger partial charge in [0.1, 0.15) is 16.6 Å². The van der Waals surface area contributed by atoms with E-state index in [-0.39, 0.29) is 12.1 Å². The van der Waals surface area contributed by atoms with Crippen LogP contribution in [0, 0.1) is 11.6 Å². The summed E-state index contributed by atoms with van der Waals surface area (Å²) in [5, 5.41) is 13.9. The van der Waals surface area contributed by atoms with E-state index in [1.54, 1.807) is 0 Å². The summed E-state index contributed by atoms with van der Waals surface area (Å²) in [6.07, 6.45) is 4.04. The lowest BCUT2D eigenvalue weighted by atomic mass is 10.2. The minimum Gasteiger partial charge on any atom is -0.343 e. The van der Waals surface area contributed by atoms with Crippen LogP contribution in [0.25, 0.3) is 0 Å². The molecule has 9 heteroatoms. The van der Waals surface area contributed by atoms with Crippen LogP contribution >= 0.6 is 11.3 Å². The molecule has 2 rings (SSSR count). The van der Waals surface area contributed by atoms with E-state index >= 15 is 0 Å². The van der Waals surface area contributed by atoms with E-state index in [2.05, 4.69) is 27.8 Å². The second-order valence-corrected chi connectivity index (χ2v) is 6.41. The third kappa shape index (κ3) is 6.18. The maximum Gasteiger partial charge on any atom is 0.251 e. The highest BCUT2D eigenvalue weighted by molar-refractivity contribution is 7.15. The van der Waals surface area contributed by atoms with Gasteiger partial charge in [0.25, 0.3) is 5.91 Å². The van der Waals surface area contributed by atoms with Crippen molar-refractivity contribution in [2.45, 2.75) is 32.6 Å². The number of carbonyl (C=O) groups is 2. The molecular formula is C16H18F2N4O2S. The molecule has 0 unspecified atom stereocenters. The second-order valence-electron chi connectivity index (χ2n) is 5.35. The van der Waals surface area contributed by atoms with Crippen molar-refractivity contribution in [2.75, 3.05) is 11.9 Å². The number of unbranched alkanes of at least 4 members (excludes halogenated alkanes) is 2. The average Bonchev–Trinajstić information content (AvgIpc) is 2.99. The molecule has 0 aliphatic carbocycles. The normalized spacial score (nSPS) is 10.5. The lowest BCUT2D eigenvalue weighted by Crippen LogP contribution is -2.32. The summed E-state index contributed by atoms with van der Waals surface area (Å²) in [4.78, 5) is 23.6. The molecule has 1 aromatic heterocycles. The standard InChI is InChI=1S/C16H18F2N4O2S/c1-2-3-4-5-14-21-22-16(25-14)20-13(23)9-19-15(24)10-6-11(17)8-12(18)7-10/h6-8H,2-5,9H2,1H3,(H,19,24)(H,20,22,23). The summed E-state index contributed by atoms with van der Waals surface area (Å²) in [7, 11) is 0. The number of amides is 2. The number of nitrogens with zero attached hydrogens (tertiary/aromatic N) is 2. The first-order valence-electron chi connectivity index (χ1n) is 7.84. The van der Waals surface area contributed by atoms with Gasteiger partial charge in [0.2, 0.25) is 11.0 Å². The predicted octanol–water partition coefficient (Wildman–Crippen LogP) is 2.92. The van der Waals surface area contributed by atoms with Gasteiger partial charge in [-0.15, -0.1) is 10.2 Å². The number of aryl methyl sites for hydroxylation is 1. The van der Waals surface area contributed by atoms with Crippen molar-refractivity contribution in [2.24, 2.45) is 0 Å². The average molecular weight is 368 g/mol. The molecule has 0 aliphatic heterocycles. The van der Waals surface area contributed by atoms with E-state index in [1.165, 1.54) is 11.3 Å². The Morgan fingerprint density at radius 2 is 1.84 bits per heavy atom. The Bertz CT molecular complexity index is 731. The van der Waals surface area contributed by atoms with Gasteiger partial charge in [0.05, 0.1) is 6.54 Å². The molecule has 134 valence electrons. The Morgan fingerprint density at radius 1 is 1.12 bits per heavy atom. The molecule has 1 heterocycles. The number of aromatic nitrogens is 2. The Kier molecular flexibility index (Phi) is 6.93. The number of hydrogen-bond acceptors (Lipinski definition) is 5. The van der Waals surface area contributed by atoms with Gasteiger partial charge in [0, 0.05) is 18.1 Å². The lowest BCUT2D eigenvalue weighted by molar-refractivity contribution is -0.115. The summed E-state index contributed by atoms with van der Waals surface area (Å²) in [5.74, 6) is -2.97. The molecule has 2 N–H and O–H groups in total. The molecule has 0 atom stereocenters. The highest BCUT2D eigenvalue weighted by atomic mass is 32.1. The van der Waals surface area contributed by atoms with Gasteiger partial charge in [-0.2, -0.15) is 0 Å². The van der Waals surface area contributed by atoms with Crippen LogP contribution in [0.3, 0.4) is 0 Å². The fourth-order valence-electron chi connectivity index (χ4n) is 2.04. The van der Waals surface area contributed by atoms with Gasteiger partial charge >= 0.3 is 0 Å². The van der Waals surface area contributed by atoms with Gasteiger partial charge in [-0.05, 0) is 18.6 Å². The fraction of sp³-hybridized carbons (Fsp3) is 0.375. The fourth-order valence-corrected chi connectivity index (χ4v) is 2.84. The molecule has 1 aromatic carbocycles. The second kappa shape index (κ2) is 9.16. The van der Waals surface area contributed by atoms with Crippen LogP contribution in [-0.4, -0.2) is 28.6 Å². The zero-order valence-corrected chi connectivity index (χ0v) is 14.5. The van der Waals surface area contributed by atoms with Gasteiger partial charge in [-0.3, -0.25) is 14.9 Å². The van der Waals surface area contributed by atoms with Crippen LogP contribution < -0.4 is 10.6 Å². The van der Waals surface area contributed by atoms with Crippen molar-refractivity contribution in [1.82, 2.24) is 15.5 Å². The van der Waals surface area contributed by atoms with Crippen molar-refractivity contribution < 1.29 is 18.4 Å². The summed E-state index contributed by atoms with van der Waals surface area (Å²) in [6.45, 7) is 1.76. The Balaban J connectivity index is 1.81. The molecule has 0 saturated heterocycles. The van der Waals surface area contributed by atoms with Gasteiger partial charge in [-0.25, -0.2) is 8.78 Å². The third-order valence-corrected chi connectivity index (χ3v) is 4.14. The van der Waals surface area contributed by atoms with Crippen molar-refractivity contribution in [1.29, 1.82) is 0 Å². The first-order valence-corrected chi connectivity index (χ1v) is 8.66. The number of benzene rings is 1. The van der Waals surface area contributed by atoms with Crippen LogP contribution in [0.5, 0.6) is 0 Å². The molecule has 6 nitrogen and oxygen atoms in total. The lowest BCUT2D eigenvalue weighted by Gasteiger charge is -2.05. The number of carbonyl (C=O) groups excluding carboxylic acids is 2. The molecule has 2 aromatic rings. The van der Waals surface area contributed by atoms with Crippen LogP contribution in [-0.2, 0) is 11.2 Å². The predicted molar refractivity (Wildman–Crippen MR) is 90.5 cm³/mol. The first-order chi connectivity index (χ1) is 12.0. The molecule has 0 aliphatic rings. The van der Waals surface area contributed by atoms with Crippen molar-refractivity contribution in [3.8, 4) is 0 Å². The third-order valence-electron chi connectivity index (χ3n) is 3.24. The van der Waals surface area contributed by atoms with Crippen LogP contribution in [0.1, 0.15) is 41.6 Å². The summed E-state index contributed by atoms with van der Waals surface area (Å²) in [5.41, 5.74) is -0.195. The summed E-state index contributed by atoms with van der Waals surface area (Å²) < 4.78 is 26.2. The van der Waals surface area contributed by atoms with Crippen LogP contribution in [0.2, 0.25) is 0 Å². The Labute approximate surface area is 147 Å². The van der Waals surface area contributed by atoms with E-state index in [0.717, 1.165) is 42.8 Å². The highest BCUT2D eigenvalue weighted by Crippen LogP contribution is 2.17. The van der Waals surface area contributed by atoms with E-state index in [4.69, 9.17) is 0 Å². The largest absolute Gasteiger partial charge is 0.343 e. The van der Waals surface area contributed by atoms with Gasteiger partial charge < -0.3 is 5.32 Å². The molecule has 0 radical (unpaired) electrons. The van der Waals surface area contributed by atoms with Crippen molar-refractivity contribution in [3.63, 3.8) is 0 Å². The van der Waals surface area contributed by atoms with Gasteiger partial charge in [0.15, 0.2) is 0 Å². The molecule has 0 fully saturated rings. The molecular weight excluding hydrogens is 350 g/mol. The van der Waals surface area contributed by atoms with E-state index < -0.39 is 23.4 Å². The quantitative estimate of drug-likeness (QED) is 0.702. The Hall–Kier alpha value is -2.42. The number of hydrogen-bond donors (Lipinski definition) is 2. The van der Waals surface area contributed by atoms with Crippen molar-refractivity contribution in [3.05, 3.63) is 40.4 Å². The molecule has 0 saturated carbocycles. The summed E-state index contributed by atoms with van der Waals surface area (Å²) in [6, 6.07) is 2.45. The summed E-state index contributed by atoms with van der Waals surface area (Å²) >= 11 is 1.28. The minimum atomic E-state index is -0.862. The monoisotopic (exact) mass is 368 g/mol. The topological polar surface area (TPSA) is 84.0 Å². The van der Waals surface area contributed by atoms with E-state index in [9.17, 15) is 18.4 Å². The smallest absolute Gasteiger partial charge is 0.251 e. The molecule has 0 spiro atoms. The SMILES string of the molecule is CCCCCc1nnc(NC(=O)CNC(=O)c2cc(F)cc(F)c2)s1. The maximum absolute atomic E-state index is 13.1. The Morgan fingerprint density at radius 3 is 2.52 bits per heavy atom. The highest BCUT2D eigenvalue weighted by Gasteiger charge is 2.12. The number of halogens is 2. The zero-order valence-electron chi connectivity index (χ0n) is 13.6. The van der Waals surface area contributed by atoms with Gasteiger partial charge in [-0.1, -0.05) is 31.1 Å². The first kappa shape index (κ1) is 18.9. The van der Waals surface area contributed by atoms with Crippen molar-refractivity contribution >= 4 is 28.3 Å². The number of rotatable bonds is 8. The molecule has 0 bridgehead atoms. The number of nitrogens with one attached hydrogen (secondary N) is 2. The van der Waals surface area contributed by atoms with E-state index in [1.807, 2.05) is 0 Å². The van der Waals surface area contributed by atoms with Crippen LogP contribution in [0.4, 0.5) is 13.9 Å². The minimum absolute atomic E-state index is 0.195. The zero-order chi connectivity index (χ0) is 18.2. The molecule has 2 amide bonds. The number of anilines is 1. The maximum atomic E-state index is 13.1. The van der Waals surface area contributed by atoms with Crippen LogP contribution in [0.15, 0.2) is 18.2 Å². The van der Waals surface area contributed by atoms with E-state index in [0.29, 0.717) is 11.2 Å². The molecule has 25 heavy (non-hydrogen) atoms.